The third-order valence-corrected chi connectivity index (χ3v) is 5.93. The van der Waals surface area contributed by atoms with Crippen molar-refractivity contribution in [1.82, 2.24) is 4.90 Å². The van der Waals surface area contributed by atoms with E-state index >= 15 is 0 Å². The Bertz CT molecular complexity index is 1110. The zero-order valence-electron chi connectivity index (χ0n) is 17.7. The summed E-state index contributed by atoms with van der Waals surface area (Å²) < 4.78 is 10.9. The molecule has 1 aliphatic heterocycles. The van der Waals surface area contributed by atoms with Crippen LogP contribution in [-0.4, -0.2) is 25.0 Å². The number of carbonyl (C=O) groups excluding carboxylic acids is 1. The van der Waals surface area contributed by atoms with Gasteiger partial charge in [0.1, 0.15) is 11.5 Å². The van der Waals surface area contributed by atoms with Crippen molar-refractivity contribution < 1.29 is 14.3 Å². The summed E-state index contributed by atoms with van der Waals surface area (Å²) in [6.45, 7) is 1.27. The lowest BCUT2D eigenvalue weighted by molar-refractivity contribution is -0.132. The van der Waals surface area contributed by atoms with Crippen molar-refractivity contribution in [3.63, 3.8) is 0 Å². The van der Waals surface area contributed by atoms with E-state index in [9.17, 15) is 25.8 Å². The molecule has 2 unspecified atom stereocenters. The zero-order valence-corrected chi connectivity index (χ0v) is 17.7. The molecule has 32 heavy (non-hydrogen) atoms. The van der Waals surface area contributed by atoms with Gasteiger partial charge in [-0.05, 0) is 12.1 Å². The predicted molar refractivity (Wildman–Crippen MR) is 111 cm³/mol. The summed E-state index contributed by atoms with van der Waals surface area (Å²) in [5.41, 5.74) is -3.74. The molecule has 0 bridgehead atoms. The van der Waals surface area contributed by atoms with Gasteiger partial charge in [-0.15, -0.1) is 0 Å². The number of nitrogens with zero attached hydrogens (tertiary/aromatic N) is 5. The lowest BCUT2D eigenvalue weighted by Crippen LogP contribution is -2.39. The molecule has 2 atom stereocenters. The molecule has 3 rings (SSSR count). The average molecular weight is 425 g/mol. The Morgan fingerprint density at radius 2 is 1.12 bits per heavy atom. The van der Waals surface area contributed by atoms with E-state index < -0.39 is 28.8 Å². The van der Waals surface area contributed by atoms with Gasteiger partial charge in [0.25, 0.3) is 0 Å². The molecule has 1 heterocycles. The van der Waals surface area contributed by atoms with Gasteiger partial charge in [0.15, 0.2) is 0 Å². The molecule has 2 aromatic rings. The number of likely N-dealkylation sites (tertiary alicyclic amines) is 1. The summed E-state index contributed by atoms with van der Waals surface area (Å²) in [6, 6.07) is 18.5. The van der Waals surface area contributed by atoms with Crippen LogP contribution in [0.1, 0.15) is 30.1 Å². The summed E-state index contributed by atoms with van der Waals surface area (Å²) in [5, 5.41) is 41.3. The second kappa shape index (κ2) is 8.31. The molecule has 0 aromatic heterocycles. The largest absolute Gasteiger partial charge is 0.496 e. The fraction of sp³-hybridized carbons (Fsp3) is 0.292. The van der Waals surface area contributed by atoms with Crippen LogP contribution in [0.5, 0.6) is 11.5 Å². The lowest BCUT2D eigenvalue weighted by atomic mass is 9.61. The lowest BCUT2D eigenvalue weighted by Gasteiger charge is -2.32. The van der Waals surface area contributed by atoms with Crippen molar-refractivity contribution in [3.8, 4) is 35.8 Å². The monoisotopic (exact) mass is 425 g/mol. The van der Waals surface area contributed by atoms with Crippen LogP contribution in [0.3, 0.4) is 0 Å². The molecule has 1 amide bonds. The summed E-state index contributed by atoms with van der Waals surface area (Å²) in [4.78, 5) is 14.3. The quantitative estimate of drug-likeness (QED) is 0.732. The van der Waals surface area contributed by atoms with E-state index in [4.69, 9.17) is 9.47 Å². The molecular weight excluding hydrogens is 406 g/mol. The van der Waals surface area contributed by atoms with E-state index in [1.54, 1.807) is 48.5 Å². The Morgan fingerprint density at radius 1 is 0.781 bits per heavy atom. The highest BCUT2D eigenvalue weighted by Gasteiger charge is 2.74. The third kappa shape index (κ3) is 2.75. The maximum atomic E-state index is 13.1. The number of amides is 1. The van der Waals surface area contributed by atoms with Crippen LogP contribution in [-0.2, 0) is 4.79 Å². The highest BCUT2D eigenvalue weighted by molar-refractivity contribution is 5.77. The van der Waals surface area contributed by atoms with Gasteiger partial charge in [0.2, 0.25) is 16.7 Å². The Labute approximate surface area is 186 Å². The first kappa shape index (κ1) is 22.2. The average Bonchev–Trinajstić information content (AvgIpc) is 3.10. The maximum Gasteiger partial charge on any atom is 0.220 e. The number of hydrogen-bond donors (Lipinski definition) is 0. The first-order valence-corrected chi connectivity index (χ1v) is 9.62. The summed E-state index contributed by atoms with van der Waals surface area (Å²) in [5.74, 6) is 0.132. The molecule has 0 N–H and O–H groups in total. The topological polar surface area (TPSA) is 134 Å². The van der Waals surface area contributed by atoms with Crippen LogP contribution in [0.25, 0.3) is 0 Å². The van der Waals surface area contributed by atoms with Crippen molar-refractivity contribution in [2.75, 3.05) is 14.2 Å². The van der Waals surface area contributed by atoms with Crippen molar-refractivity contribution in [2.24, 2.45) is 10.8 Å². The van der Waals surface area contributed by atoms with E-state index in [2.05, 4.69) is 0 Å². The summed E-state index contributed by atoms with van der Waals surface area (Å²) >= 11 is 0. The van der Waals surface area contributed by atoms with Gasteiger partial charge in [0.05, 0.1) is 50.6 Å². The van der Waals surface area contributed by atoms with Crippen LogP contribution in [0.4, 0.5) is 0 Å². The number of carbonyl (C=O) groups is 1. The molecule has 0 radical (unpaired) electrons. The fourth-order valence-electron chi connectivity index (χ4n) is 4.56. The molecule has 158 valence electrons. The first-order chi connectivity index (χ1) is 15.4. The van der Waals surface area contributed by atoms with Crippen LogP contribution >= 0.6 is 0 Å². The van der Waals surface area contributed by atoms with Crippen molar-refractivity contribution in [1.29, 1.82) is 21.0 Å². The molecule has 8 heteroatoms. The number of para-hydroxylation sites is 2. The Kier molecular flexibility index (Phi) is 5.75. The van der Waals surface area contributed by atoms with Gasteiger partial charge in [0, 0.05) is 18.1 Å². The molecule has 1 fully saturated rings. The fourth-order valence-corrected chi connectivity index (χ4v) is 4.56. The Balaban J connectivity index is 2.52. The molecule has 0 aliphatic carbocycles. The Hall–Kier alpha value is -4.53. The van der Waals surface area contributed by atoms with Crippen LogP contribution in [0.15, 0.2) is 48.5 Å². The first-order valence-electron chi connectivity index (χ1n) is 9.62. The number of ether oxygens (including phenoxy) is 2. The van der Waals surface area contributed by atoms with Crippen molar-refractivity contribution >= 4 is 5.91 Å². The SMILES string of the molecule is COc1ccccc1C1N(C(C)=O)C(c2ccccc2OC)C(C#N)(C#N)C1(C#N)C#N. The summed E-state index contributed by atoms with van der Waals surface area (Å²) in [6.07, 6.45) is 0. The number of rotatable bonds is 4. The van der Waals surface area contributed by atoms with Gasteiger partial charge in [-0.2, -0.15) is 21.0 Å². The van der Waals surface area contributed by atoms with Crippen LogP contribution < -0.4 is 9.47 Å². The minimum Gasteiger partial charge on any atom is -0.496 e. The zero-order chi connectivity index (χ0) is 23.5. The number of benzene rings is 2. The third-order valence-electron chi connectivity index (χ3n) is 5.93. The highest BCUT2D eigenvalue weighted by Crippen LogP contribution is 2.66. The van der Waals surface area contributed by atoms with Gasteiger partial charge in [-0.1, -0.05) is 36.4 Å². The van der Waals surface area contributed by atoms with Gasteiger partial charge in [-0.3, -0.25) is 4.79 Å². The summed E-state index contributed by atoms with van der Waals surface area (Å²) in [7, 11) is 2.84. The van der Waals surface area contributed by atoms with E-state index in [1.807, 2.05) is 24.3 Å². The second-order valence-corrected chi connectivity index (χ2v) is 7.28. The molecule has 2 aromatic carbocycles. The van der Waals surface area contributed by atoms with Gasteiger partial charge < -0.3 is 14.4 Å². The van der Waals surface area contributed by atoms with Crippen LogP contribution in [0.2, 0.25) is 0 Å². The molecule has 1 saturated heterocycles. The normalized spacial score (nSPS) is 20.2. The standard InChI is InChI=1S/C24H19N5O3/c1-16(30)29-21(17-8-4-6-10-19(17)31-2)23(12-25,13-26)24(14-27,15-28)22(29)18-9-5-7-11-20(18)32-3/h4-11,21-22H,1-3H3. The van der Waals surface area contributed by atoms with Crippen molar-refractivity contribution in [2.45, 2.75) is 19.0 Å². The maximum absolute atomic E-state index is 13.1. The molecule has 1 aliphatic rings. The second-order valence-electron chi connectivity index (χ2n) is 7.28. The molecule has 0 spiro atoms. The highest BCUT2D eigenvalue weighted by atomic mass is 16.5. The van der Waals surface area contributed by atoms with Gasteiger partial charge in [-0.25, -0.2) is 0 Å². The van der Waals surface area contributed by atoms with E-state index in [0.717, 1.165) is 0 Å². The predicted octanol–water partition coefficient (Wildman–Crippen LogP) is 3.42. The van der Waals surface area contributed by atoms with E-state index in [-0.39, 0.29) is 0 Å². The molecule has 8 nitrogen and oxygen atoms in total. The van der Waals surface area contributed by atoms with E-state index in [0.29, 0.717) is 22.6 Å². The number of methoxy groups -OCH3 is 2. The minimum atomic E-state index is -2.22. The molecule has 0 saturated carbocycles. The van der Waals surface area contributed by atoms with Crippen molar-refractivity contribution in [3.05, 3.63) is 59.7 Å². The van der Waals surface area contributed by atoms with E-state index in [1.165, 1.54) is 26.0 Å². The number of hydrogen-bond acceptors (Lipinski definition) is 7. The molecular formula is C24H19N5O3. The smallest absolute Gasteiger partial charge is 0.220 e. The Morgan fingerprint density at radius 3 is 1.41 bits per heavy atom. The van der Waals surface area contributed by atoms with Crippen LogP contribution in [0, 0.1) is 56.2 Å². The number of nitriles is 4. The minimum absolute atomic E-state index is 0.323. The van der Waals surface area contributed by atoms with Gasteiger partial charge >= 0.3 is 0 Å².